The summed E-state index contributed by atoms with van der Waals surface area (Å²) in [6.45, 7) is 3.60. The van der Waals surface area contributed by atoms with Gasteiger partial charge in [-0.25, -0.2) is 0 Å². The third-order valence-corrected chi connectivity index (χ3v) is 3.01. The van der Waals surface area contributed by atoms with Crippen molar-refractivity contribution in [1.82, 2.24) is 5.32 Å². The monoisotopic (exact) mass is 343 g/mol. The summed E-state index contributed by atoms with van der Waals surface area (Å²) in [6.07, 6.45) is 0.0609. The molecule has 1 aromatic carbocycles. The van der Waals surface area contributed by atoms with Gasteiger partial charge in [0.1, 0.15) is 5.75 Å². The first kappa shape index (κ1) is 16.5. The van der Waals surface area contributed by atoms with E-state index in [2.05, 4.69) is 21.2 Å². The number of hydrogen-bond acceptors (Lipinski definition) is 3. The van der Waals surface area contributed by atoms with Gasteiger partial charge in [0.15, 0.2) is 0 Å². The van der Waals surface area contributed by atoms with Crippen LogP contribution in [0.15, 0.2) is 28.7 Å². The number of halogens is 1. The third kappa shape index (κ3) is 6.56. The lowest BCUT2D eigenvalue weighted by Crippen LogP contribution is -2.45. The van der Waals surface area contributed by atoms with Crippen molar-refractivity contribution >= 4 is 27.8 Å². The molecule has 0 atom stereocenters. The summed E-state index contributed by atoms with van der Waals surface area (Å²) < 4.78 is 6.39. The molecule has 1 rings (SSSR count). The van der Waals surface area contributed by atoms with Gasteiger partial charge in [-0.05, 0) is 38.1 Å². The van der Waals surface area contributed by atoms with Crippen LogP contribution in [0.2, 0.25) is 0 Å². The number of carbonyl (C=O) groups excluding carboxylic acids is 1. The van der Waals surface area contributed by atoms with Crippen molar-refractivity contribution in [3.8, 4) is 5.75 Å². The first-order valence-corrected chi connectivity index (χ1v) is 6.99. The van der Waals surface area contributed by atoms with Crippen molar-refractivity contribution in [3.05, 3.63) is 28.7 Å². The Bertz CT molecular complexity index is 471. The zero-order valence-corrected chi connectivity index (χ0v) is 13.1. The van der Waals surface area contributed by atoms with Crippen LogP contribution in [-0.4, -0.2) is 29.1 Å². The summed E-state index contributed by atoms with van der Waals surface area (Å²) >= 11 is 3.32. The van der Waals surface area contributed by atoms with Gasteiger partial charge in [0.05, 0.1) is 19.4 Å². The van der Waals surface area contributed by atoms with Gasteiger partial charge in [0.2, 0.25) is 5.91 Å². The normalized spacial score (nSPS) is 10.9. The number of benzene rings is 1. The second-order valence-electron chi connectivity index (χ2n) is 5.05. The van der Waals surface area contributed by atoms with Crippen molar-refractivity contribution in [3.63, 3.8) is 0 Å². The van der Waals surface area contributed by atoms with Gasteiger partial charge < -0.3 is 15.2 Å². The van der Waals surface area contributed by atoms with Gasteiger partial charge in [0.25, 0.3) is 0 Å². The molecule has 20 heavy (non-hydrogen) atoms. The van der Waals surface area contributed by atoms with Crippen LogP contribution >= 0.6 is 15.9 Å². The first-order chi connectivity index (χ1) is 9.28. The summed E-state index contributed by atoms with van der Waals surface area (Å²) in [6, 6.07) is 7.31. The van der Waals surface area contributed by atoms with E-state index in [1.54, 1.807) is 26.0 Å². The van der Waals surface area contributed by atoms with Gasteiger partial charge >= 0.3 is 5.97 Å². The fourth-order valence-electron chi connectivity index (χ4n) is 1.65. The standard InChI is InChI=1S/C14H18BrNO4/c1-14(2,9-13(18)19)16-12(17)7-8-20-11-5-3-10(15)4-6-11/h3-6H,7-9H2,1-2H3,(H,16,17)(H,18,19). The highest BCUT2D eigenvalue weighted by atomic mass is 79.9. The van der Waals surface area contributed by atoms with Crippen molar-refractivity contribution in [2.75, 3.05) is 6.61 Å². The molecule has 110 valence electrons. The smallest absolute Gasteiger partial charge is 0.305 e. The van der Waals surface area contributed by atoms with E-state index in [-0.39, 0.29) is 25.4 Å². The van der Waals surface area contributed by atoms with Gasteiger partial charge in [-0.2, -0.15) is 0 Å². The molecule has 0 spiro atoms. The average Bonchev–Trinajstić information content (AvgIpc) is 2.29. The lowest BCUT2D eigenvalue weighted by atomic mass is 10.0. The highest BCUT2D eigenvalue weighted by molar-refractivity contribution is 9.10. The molecule has 0 aliphatic rings. The van der Waals surface area contributed by atoms with E-state index in [4.69, 9.17) is 9.84 Å². The van der Waals surface area contributed by atoms with E-state index in [1.165, 1.54) is 0 Å². The topological polar surface area (TPSA) is 75.6 Å². The Morgan fingerprint density at radius 3 is 2.45 bits per heavy atom. The summed E-state index contributed by atoms with van der Waals surface area (Å²) in [5.41, 5.74) is -0.763. The Balaban J connectivity index is 2.33. The fourth-order valence-corrected chi connectivity index (χ4v) is 1.92. The molecule has 0 saturated carbocycles. The molecule has 0 aliphatic heterocycles. The summed E-state index contributed by atoms with van der Waals surface area (Å²) in [5.74, 6) is -0.486. The Morgan fingerprint density at radius 2 is 1.90 bits per heavy atom. The van der Waals surface area contributed by atoms with Crippen molar-refractivity contribution < 1.29 is 19.4 Å². The van der Waals surface area contributed by atoms with Crippen LogP contribution in [0.25, 0.3) is 0 Å². The van der Waals surface area contributed by atoms with Crippen molar-refractivity contribution in [1.29, 1.82) is 0 Å². The number of ether oxygens (including phenoxy) is 1. The Morgan fingerprint density at radius 1 is 1.30 bits per heavy atom. The van der Waals surface area contributed by atoms with Gasteiger partial charge in [-0.15, -0.1) is 0 Å². The van der Waals surface area contributed by atoms with Crippen LogP contribution in [0.5, 0.6) is 5.75 Å². The second-order valence-corrected chi connectivity index (χ2v) is 5.97. The molecule has 0 fully saturated rings. The minimum Gasteiger partial charge on any atom is -0.493 e. The van der Waals surface area contributed by atoms with E-state index >= 15 is 0 Å². The molecular weight excluding hydrogens is 326 g/mol. The maximum atomic E-state index is 11.7. The molecule has 1 amide bonds. The number of nitrogens with one attached hydrogen (secondary N) is 1. The molecule has 1 aromatic rings. The van der Waals surface area contributed by atoms with Crippen LogP contribution in [-0.2, 0) is 9.59 Å². The van der Waals surface area contributed by atoms with Gasteiger partial charge in [-0.1, -0.05) is 15.9 Å². The second kappa shape index (κ2) is 7.28. The predicted octanol–water partition coefficient (Wildman–Crippen LogP) is 2.59. The Kier molecular flexibility index (Phi) is 6.01. The molecule has 0 saturated heterocycles. The Labute approximate surface area is 126 Å². The largest absolute Gasteiger partial charge is 0.493 e. The van der Waals surface area contributed by atoms with E-state index in [1.807, 2.05) is 12.1 Å². The number of carbonyl (C=O) groups is 2. The van der Waals surface area contributed by atoms with Crippen LogP contribution in [0, 0.1) is 0 Å². The average molecular weight is 344 g/mol. The molecule has 6 heteroatoms. The summed E-state index contributed by atoms with van der Waals surface area (Å²) in [7, 11) is 0. The lowest BCUT2D eigenvalue weighted by molar-refractivity contribution is -0.138. The molecule has 0 unspecified atom stereocenters. The first-order valence-electron chi connectivity index (χ1n) is 6.20. The highest BCUT2D eigenvalue weighted by Crippen LogP contribution is 2.16. The maximum Gasteiger partial charge on any atom is 0.305 e. The quantitative estimate of drug-likeness (QED) is 0.797. The maximum absolute atomic E-state index is 11.7. The molecule has 0 radical (unpaired) electrons. The predicted molar refractivity (Wildman–Crippen MR) is 78.7 cm³/mol. The zero-order valence-electron chi connectivity index (χ0n) is 11.5. The molecule has 0 heterocycles. The van der Waals surface area contributed by atoms with Crippen LogP contribution in [0.1, 0.15) is 26.7 Å². The van der Waals surface area contributed by atoms with Crippen molar-refractivity contribution in [2.45, 2.75) is 32.2 Å². The SMILES string of the molecule is CC(C)(CC(=O)O)NC(=O)CCOc1ccc(Br)cc1. The summed E-state index contributed by atoms with van der Waals surface area (Å²) in [5, 5.41) is 11.4. The fraction of sp³-hybridized carbons (Fsp3) is 0.429. The summed E-state index contributed by atoms with van der Waals surface area (Å²) in [4.78, 5) is 22.3. The highest BCUT2D eigenvalue weighted by Gasteiger charge is 2.23. The number of amides is 1. The number of aliphatic carboxylic acids is 1. The van der Waals surface area contributed by atoms with E-state index in [0.29, 0.717) is 5.75 Å². The number of rotatable bonds is 7. The van der Waals surface area contributed by atoms with Crippen LogP contribution < -0.4 is 10.1 Å². The molecule has 2 N–H and O–H groups in total. The minimum atomic E-state index is -0.943. The molecule has 5 nitrogen and oxygen atoms in total. The molecule has 0 aliphatic carbocycles. The number of carboxylic acid groups (broad SMARTS) is 1. The van der Waals surface area contributed by atoms with Crippen LogP contribution in [0.3, 0.4) is 0 Å². The third-order valence-electron chi connectivity index (χ3n) is 2.48. The Hall–Kier alpha value is -1.56. The molecular formula is C14H18BrNO4. The zero-order chi connectivity index (χ0) is 15.2. The van der Waals surface area contributed by atoms with E-state index < -0.39 is 11.5 Å². The van der Waals surface area contributed by atoms with Crippen LogP contribution in [0.4, 0.5) is 0 Å². The lowest BCUT2D eigenvalue weighted by Gasteiger charge is -2.24. The van der Waals surface area contributed by atoms with Gasteiger partial charge in [0, 0.05) is 10.0 Å². The number of hydrogen-bond donors (Lipinski definition) is 2. The van der Waals surface area contributed by atoms with Crippen molar-refractivity contribution in [2.24, 2.45) is 0 Å². The van der Waals surface area contributed by atoms with E-state index in [0.717, 1.165) is 4.47 Å². The minimum absolute atomic E-state index is 0.119. The number of carboxylic acids is 1. The van der Waals surface area contributed by atoms with E-state index in [9.17, 15) is 9.59 Å². The van der Waals surface area contributed by atoms with Gasteiger partial charge in [-0.3, -0.25) is 9.59 Å². The molecule has 0 bridgehead atoms. The molecule has 0 aromatic heterocycles.